The van der Waals surface area contributed by atoms with E-state index in [-0.39, 0.29) is 6.10 Å². The standard InChI is InChI=1S/C14H28O/c1-10(2)13(15)11-8-6-7-9-12(11)14(3,4)5/h10-13,15H,6-9H2,1-5H3. The van der Waals surface area contributed by atoms with Crippen LogP contribution in [0.4, 0.5) is 0 Å². The highest BCUT2D eigenvalue weighted by molar-refractivity contribution is 4.88. The van der Waals surface area contributed by atoms with E-state index in [1.54, 1.807) is 0 Å². The molecule has 1 fully saturated rings. The summed E-state index contributed by atoms with van der Waals surface area (Å²) in [4.78, 5) is 0. The first-order valence-corrected chi connectivity index (χ1v) is 6.52. The molecule has 0 spiro atoms. The first kappa shape index (κ1) is 13.0. The van der Waals surface area contributed by atoms with E-state index in [1.165, 1.54) is 25.7 Å². The van der Waals surface area contributed by atoms with Crippen molar-refractivity contribution in [2.45, 2.75) is 66.4 Å². The van der Waals surface area contributed by atoms with E-state index in [1.807, 2.05) is 0 Å². The smallest absolute Gasteiger partial charge is 0.0594 e. The van der Waals surface area contributed by atoms with Crippen LogP contribution in [0.1, 0.15) is 60.3 Å². The van der Waals surface area contributed by atoms with Crippen LogP contribution in [-0.4, -0.2) is 11.2 Å². The zero-order chi connectivity index (χ0) is 11.6. The van der Waals surface area contributed by atoms with Crippen molar-refractivity contribution in [3.63, 3.8) is 0 Å². The van der Waals surface area contributed by atoms with Gasteiger partial charge in [0.05, 0.1) is 6.10 Å². The summed E-state index contributed by atoms with van der Waals surface area (Å²) in [6.07, 6.45) is 5.08. The van der Waals surface area contributed by atoms with Crippen LogP contribution in [0.15, 0.2) is 0 Å². The van der Waals surface area contributed by atoms with Crippen LogP contribution in [0.25, 0.3) is 0 Å². The molecule has 3 unspecified atom stereocenters. The first-order valence-electron chi connectivity index (χ1n) is 6.52. The number of hydrogen-bond donors (Lipinski definition) is 1. The zero-order valence-electron chi connectivity index (χ0n) is 11.1. The van der Waals surface area contributed by atoms with Crippen LogP contribution in [0.5, 0.6) is 0 Å². The van der Waals surface area contributed by atoms with Gasteiger partial charge >= 0.3 is 0 Å². The molecule has 1 N–H and O–H groups in total. The Morgan fingerprint density at radius 1 is 1.07 bits per heavy atom. The fraction of sp³-hybridized carbons (Fsp3) is 1.00. The number of aliphatic hydroxyl groups excluding tert-OH is 1. The minimum Gasteiger partial charge on any atom is -0.393 e. The van der Waals surface area contributed by atoms with Crippen molar-refractivity contribution in [3.05, 3.63) is 0 Å². The molecule has 0 bridgehead atoms. The minimum atomic E-state index is -0.102. The van der Waals surface area contributed by atoms with Gasteiger partial charge in [-0.1, -0.05) is 47.5 Å². The lowest BCUT2D eigenvalue weighted by molar-refractivity contribution is -0.0201. The third-order valence-corrected chi connectivity index (χ3v) is 4.05. The van der Waals surface area contributed by atoms with E-state index in [0.29, 0.717) is 23.2 Å². The maximum absolute atomic E-state index is 10.3. The second-order valence-electron chi connectivity index (χ2n) is 6.66. The van der Waals surface area contributed by atoms with Crippen LogP contribution in [0.3, 0.4) is 0 Å². The molecule has 1 aliphatic rings. The van der Waals surface area contributed by atoms with E-state index >= 15 is 0 Å². The van der Waals surface area contributed by atoms with Gasteiger partial charge in [0.1, 0.15) is 0 Å². The molecule has 1 aliphatic carbocycles. The summed E-state index contributed by atoms with van der Waals surface area (Å²) in [5.74, 6) is 1.63. The van der Waals surface area contributed by atoms with Crippen LogP contribution >= 0.6 is 0 Å². The third kappa shape index (κ3) is 3.21. The zero-order valence-corrected chi connectivity index (χ0v) is 11.1. The highest BCUT2D eigenvalue weighted by atomic mass is 16.3. The van der Waals surface area contributed by atoms with Gasteiger partial charge in [0.15, 0.2) is 0 Å². The Hall–Kier alpha value is -0.0400. The van der Waals surface area contributed by atoms with Gasteiger partial charge in [-0.2, -0.15) is 0 Å². The second kappa shape index (κ2) is 4.86. The van der Waals surface area contributed by atoms with Gasteiger partial charge in [-0.3, -0.25) is 0 Å². The SMILES string of the molecule is CC(C)C(O)C1CCCCC1C(C)(C)C. The summed E-state index contributed by atoms with van der Waals surface area (Å²) in [5, 5.41) is 10.3. The molecular weight excluding hydrogens is 184 g/mol. The van der Waals surface area contributed by atoms with E-state index in [9.17, 15) is 5.11 Å². The van der Waals surface area contributed by atoms with Crippen molar-refractivity contribution in [1.29, 1.82) is 0 Å². The molecule has 0 aliphatic heterocycles. The summed E-state index contributed by atoms with van der Waals surface area (Å²) in [6.45, 7) is 11.2. The summed E-state index contributed by atoms with van der Waals surface area (Å²) < 4.78 is 0. The molecule has 0 aromatic carbocycles. The Bertz CT molecular complexity index is 190. The summed E-state index contributed by atoms with van der Waals surface area (Å²) in [6, 6.07) is 0. The molecular formula is C14H28O. The van der Waals surface area contributed by atoms with Crippen LogP contribution in [-0.2, 0) is 0 Å². The normalized spacial score (nSPS) is 30.6. The first-order chi connectivity index (χ1) is 6.84. The second-order valence-corrected chi connectivity index (χ2v) is 6.66. The predicted octanol–water partition coefficient (Wildman–Crippen LogP) is 3.86. The lowest BCUT2D eigenvalue weighted by Gasteiger charge is -2.43. The van der Waals surface area contributed by atoms with Gasteiger partial charge < -0.3 is 5.11 Å². The van der Waals surface area contributed by atoms with Gasteiger partial charge in [0, 0.05) is 0 Å². The minimum absolute atomic E-state index is 0.102. The largest absolute Gasteiger partial charge is 0.393 e. The van der Waals surface area contributed by atoms with Crippen molar-refractivity contribution >= 4 is 0 Å². The van der Waals surface area contributed by atoms with Crippen LogP contribution < -0.4 is 0 Å². The maximum Gasteiger partial charge on any atom is 0.0594 e. The maximum atomic E-state index is 10.3. The van der Waals surface area contributed by atoms with Crippen molar-refractivity contribution in [3.8, 4) is 0 Å². The number of hydrogen-bond acceptors (Lipinski definition) is 1. The molecule has 0 heterocycles. The van der Waals surface area contributed by atoms with Crippen molar-refractivity contribution in [2.75, 3.05) is 0 Å². The molecule has 0 aromatic heterocycles. The van der Waals surface area contributed by atoms with E-state index in [4.69, 9.17) is 0 Å². The van der Waals surface area contributed by atoms with Crippen molar-refractivity contribution in [1.82, 2.24) is 0 Å². The van der Waals surface area contributed by atoms with Gasteiger partial charge in [-0.25, -0.2) is 0 Å². The lowest BCUT2D eigenvalue weighted by Crippen LogP contribution is -2.40. The predicted molar refractivity (Wildman–Crippen MR) is 65.7 cm³/mol. The Kier molecular flexibility index (Phi) is 4.22. The van der Waals surface area contributed by atoms with Gasteiger partial charge in [-0.15, -0.1) is 0 Å². The average Bonchev–Trinajstić information content (AvgIpc) is 2.15. The highest BCUT2D eigenvalue weighted by Gasteiger charge is 2.38. The van der Waals surface area contributed by atoms with Gasteiger partial charge in [0.2, 0.25) is 0 Å². The van der Waals surface area contributed by atoms with E-state index < -0.39 is 0 Å². The molecule has 1 nitrogen and oxygen atoms in total. The van der Waals surface area contributed by atoms with Crippen LogP contribution in [0, 0.1) is 23.2 Å². The molecule has 0 radical (unpaired) electrons. The fourth-order valence-electron chi connectivity index (χ4n) is 3.14. The molecule has 90 valence electrons. The summed E-state index contributed by atoms with van der Waals surface area (Å²) >= 11 is 0. The molecule has 0 aromatic rings. The Morgan fingerprint density at radius 3 is 2.07 bits per heavy atom. The topological polar surface area (TPSA) is 20.2 Å². The molecule has 0 saturated heterocycles. The molecule has 1 saturated carbocycles. The molecule has 1 rings (SSSR count). The average molecular weight is 212 g/mol. The van der Waals surface area contributed by atoms with Crippen molar-refractivity contribution < 1.29 is 5.11 Å². The number of rotatable bonds is 2. The van der Waals surface area contributed by atoms with Crippen molar-refractivity contribution in [2.24, 2.45) is 23.2 Å². The van der Waals surface area contributed by atoms with E-state index in [0.717, 1.165) is 0 Å². The van der Waals surface area contributed by atoms with Gasteiger partial charge in [0.25, 0.3) is 0 Å². The summed E-state index contributed by atoms with van der Waals surface area (Å²) in [7, 11) is 0. The molecule has 0 amide bonds. The Labute approximate surface area is 95.3 Å². The highest BCUT2D eigenvalue weighted by Crippen LogP contribution is 2.44. The van der Waals surface area contributed by atoms with Gasteiger partial charge in [-0.05, 0) is 36.0 Å². The Morgan fingerprint density at radius 2 is 1.60 bits per heavy atom. The Balaban J connectivity index is 2.74. The lowest BCUT2D eigenvalue weighted by atomic mass is 9.63. The molecule has 1 heteroatoms. The monoisotopic (exact) mass is 212 g/mol. The molecule has 15 heavy (non-hydrogen) atoms. The molecule has 3 atom stereocenters. The fourth-order valence-corrected chi connectivity index (χ4v) is 3.14. The quantitative estimate of drug-likeness (QED) is 0.737. The van der Waals surface area contributed by atoms with Crippen LogP contribution in [0.2, 0.25) is 0 Å². The van der Waals surface area contributed by atoms with E-state index in [2.05, 4.69) is 34.6 Å². The third-order valence-electron chi connectivity index (χ3n) is 4.05. The summed E-state index contributed by atoms with van der Waals surface area (Å²) in [5.41, 5.74) is 0.348. The number of aliphatic hydroxyl groups is 1.